The van der Waals surface area contributed by atoms with Crippen LogP contribution in [0.3, 0.4) is 0 Å². The lowest BCUT2D eigenvalue weighted by Crippen LogP contribution is -1.94. The van der Waals surface area contributed by atoms with E-state index in [1.54, 1.807) is 0 Å². The van der Waals surface area contributed by atoms with E-state index in [1.165, 1.54) is 0 Å². The molecule has 0 fully saturated rings. The molecule has 1 unspecified atom stereocenters. The lowest BCUT2D eigenvalue weighted by Gasteiger charge is -2.09. The van der Waals surface area contributed by atoms with E-state index in [1.807, 2.05) is 71.7 Å². The number of halogens is 2. The molecule has 1 aromatic heterocycles. The van der Waals surface area contributed by atoms with Gasteiger partial charge in [0.2, 0.25) is 0 Å². The molecular weight excluding hydrogens is 336 g/mol. The minimum atomic E-state index is -0.219. The summed E-state index contributed by atoms with van der Waals surface area (Å²) in [6, 6.07) is 18.0. The van der Waals surface area contributed by atoms with Crippen molar-refractivity contribution in [2.24, 2.45) is 0 Å². The van der Waals surface area contributed by atoms with Crippen molar-refractivity contribution in [3.8, 4) is 5.69 Å². The van der Waals surface area contributed by atoms with Gasteiger partial charge in [-0.1, -0.05) is 52.3 Å². The summed E-state index contributed by atoms with van der Waals surface area (Å²) in [5.41, 5.74) is 3.04. The quantitative estimate of drug-likeness (QED) is 0.612. The lowest BCUT2D eigenvalue weighted by molar-refractivity contribution is 0.880. The number of para-hydroxylation sites is 1. The number of hydrogen-bond donors (Lipinski definition) is 0. The van der Waals surface area contributed by atoms with E-state index in [0.29, 0.717) is 0 Å². The molecule has 100 valence electrons. The first-order chi connectivity index (χ1) is 9.75. The summed E-state index contributed by atoms with van der Waals surface area (Å²) >= 11 is 10.1. The molecule has 0 radical (unpaired) electrons. The van der Waals surface area contributed by atoms with E-state index < -0.39 is 0 Å². The van der Waals surface area contributed by atoms with Crippen molar-refractivity contribution in [1.82, 2.24) is 9.78 Å². The average molecular weight is 348 g/mol. The first-order valence-electron chi connectivity index (χ1n) is 6.24. The molecule has 1 heterocycles. The third-order valence-electron chi connectivity index (χ3n) is 3.09. The van der Waals surface area contributed by atoms with Gasteiger partial charge in [0.25, 0.3) is 0 Å². The summed E-state index contributed by atoms with van der Waals surface area (Å²) < 4.78 is 2.84. The van der Waals surface area contributed by atoms with E-state index in [0.717, 1.165) is 21.3 Å². The van der Waals surface area contributed by atoms with Gasteiger partial charge in [-0.25, -0.2) is 4.68 Å². The van der Waals surface area contributed by atoms with Gasteiger partial charge in [-0.05, 0) is 23.8 Å². The molecule has 0 aliphatic rings. The summed E-state index contributed by atoms with van der Waals surface area (Å²) in [6.45, 7) is 0. The summed E-state index contributed by atoms with van der Waals surface area (Å²) in [5.74, 6) is 0. The van der Waals surface area contributed by atoms with Gasteiger partial charge in [0.1, 0.15) is 0 Å². The molecule has 2 nitrogen and oxygen atoms in total. The molecule has 0 N–H and O–H groups in total. The molecule has 0 aliphatic heterocycles. The fraction of sp³-hybridized carbons (Fsp3) is 0.0625. The Bertz CT molecular complexity index is 709. The molecule has 0 amide bonds. The molecule has 0 spiro atoms. The maximum atomic E-state index is 6.55. The minimum absolute atomic E-state index is 0.219. The van der Waals surface area contributed by atoms with Crippen LogP contribution in [0.4, 0.5) is 0 Å². The molecule has 2 aromatic carbocycles. The predicted octanol–water partition coefficient (Wildman–Crippen LogP) is 4.96. The van der Waals surface area contributed by atoms with Crippen molar-refractivity contribution in [3.63, 3.8) is 0 Å². The predicted molar refractivity (Wildman–Crippen MR) is 85.4 cm³/mol. The Labute approximate surface area is 131 Å². The highest BCUT2D eigenvalue weighted by Gasteiger charge is 2.15. The number of nitrogens with zero attached hydrogens (tertiary/aromatic N) is 2. The van der Waals surface area contributed by atoms with Crippen LogP contribution in [0.1, 0.15) is 16.5 Å². The van der Waals surface area contributed by atoms with Crippen molar-refractivity contribution < 1.29 is 0 Å². The van der Waals surface area contributed by atoms with Crippen LogP contribution in [0, 0.1) is 0 Å². The maximum absolute atomic E-state index is 6.55. The van der Waals surface area contributed by atoms with Gasteiger partial charge >= 0.3 is 0 Å². The van der Waals surface area contributed by atoms with Gasteiger partial charge in [-0.15, -0.1) is 11.6 Å². The van der Waals surface area contributed by atoms with Crippen LogP contribution in [0.2, 0.25) is 0 Å². The highest BCUT2D eigenvalue weighted by atomic mass is 79.9. The van der Waals surface area contributed by atoms with Gasteiger partial charge in [-0.3, -0.25) is 0 Å². The maximum Gasteiger partial charge on any atom is 0.0876 e. The fourth-order valence-corrected chi connectivity index (χ4v) is 3.00. The Kier molecular flexibility index (Phi) is 3.90. The van der Waals surface area contributed by atoms with Crippen molar-refractivity contribution in [2.45, 2.75) is 5.38 Å². The standard InChI is InChI=1S/C16H12BrClN2/c17-15-9-5-4-8-14(15)16(18)12-10-19-20(11-12)13-6-2-1-3-7-13/h1-11,16H. The molecule has 3 rings (SSSR count). The Hall–Kier alpha value is -1.58. The second-order valence-electron chi connectivity index (χ2n) is 4.44. The van der Waals surface area contributed by atoms with E-state index >= 15 is 0 Å². The van der Waals surface area contributed by atoms with E-state index in [2.05, 4.69) is 21.0 Å². The number of alkyl halides is 1. The number of rotatable bonds is 3. The third-order valence-corrected chi connectivity index (χ3v) is 4.30. The van der Waals surface area contributed by atoms with Crippen LogP contribution in [-0.4, -0.2) is 9.78 Å². The van der Waals surface area contributed by atoms with Crippen LogP contribution in [0.25, 0.3) is 5.69 Å². The largest absolute Gasteiger partial charge is 0.241 e. The fourth-order valence-electron chi connectivity index (χ4n) is 2.05. The molecule has 3 aromatic rings. The zero-order chi connectivity index (χ0) is 13.9. The van der Waals surface area contributed by atoms with Crippen LogP contribution < -0.4 is 0 Å². The molecule has 0 saturated carbocycles. The van der Waals surface area contributed by atoms with E-state index in [9.17, 15) is 0 Å². The second kappa shape index (κ2) is 5.81. The zero-order valence-corrected chi connectivity index (χ0v) is 12.9. The Balaban J connectivity index is 1.93. The van der Waals surface area contributed by atoms with Crippen LogP contribution in [0.5, 0.6) is 0 Å². The van der Waals surface area contributed by atoms with Crippen LogP contribution in [0.15, 0.2) is 71.5 Å². The van der Waals surface area contributed by atoms with Crippen LogP contribution >= 0.6 is 27.5 Å². The van der Waals surface area contributed by atoms with Crippen molar-refractivity contribution >= 4 is 27.5 Å². The minimum Gasteiger partial charge on any atom is -0.241 e. The number of benzene rings is 2. The average Bonchev–Trinajstić information content (AvgIpc) is 2.98. The van der Waals surface area contributed by atoms with Crippen LogP contribution in [-0.2, 0) is 0 Å². The van der Waals surface area contributed by atoms with Gasteiger partial charge in [0.15, 0.2) is 0 Å². The highest BCUT2D eigenvalue weighted by Crippen LogP contribution is 2.33. The molecule has 0 aliphatic carbocycles. The molecule has 1 atom stereocenters. The van der Waals surface area contributed by atoms with E-state index in [-0.39, 0.29) is 5.38 Å². The Morgan fingerprint density at radius 1 is 1.00 bits per heavy atom. The Morgan fingerprint density at radius 2 is 1.70 bits per heavy atom. The molecule has 20 heavy (non-hydrogen) atoms. The van der Waals surface area contributed by atoms with Gasteiger partial charge in [0, 0.05) is 16.2 Å². The van der Waals surface area contributed by atoms with E-state index in [4.69, 9.17) is 11.6 Å². The summed E-state index contributed by atoms with van der Waals surface area (Å²) in [5, 5.41) is 4.16. The monoisotopic (exact) mass is 346 g/mol. The third kappa shape index (κ3) is 2.65. The summed E-state index contributed by atoms with van der Waals surface area (Å²) in [6.07, 6.45) is 3.77. The zero-order valence-electron chi connectivity index (χ0n) is 10.6. The van der Waals surface area contributed by atoms with Gasteiger partial charge < -0.3 is 0 Å². The number of hydrogen-bond acceptors (Lipinski definition) is 1. The lowest BCUT2D eigenvalue weighted by atomic mass is 10.1. The van der Waals surface area contributed by atoms with Crippen molar-refractivity contribution in [2.75, 3.05) is 0 Å². The molecule has 0 bridgehead atoms. The van der Waals surface area contributed by atoms with Crippen molar-refractivity contribution in [3.05, 3.63) is 82.6 Å². The first-order valence-corrected chi connectivity index (χ1v) is 7.47. The molecular formula is C16H12BrClN2. The first kappa shape index (κ1) is 13.4. The van der Waals surface area contributed by atoms with Crippen molar-refractivity contribution in [1.29, 1.82) is 0 Å². The molecule has 4 heteroatoms. The Morgan fingerprint density at radius 3 is 2.45 bits per heavy atom. The van der Waals surface area contributed by atoms with Gasteiger partial charge in [0.05, 0.1) is 17.3 Å². The second-order valence-corrected chi connectivity index (χ2v) is 5.73. The number of aromatic nitrogens is 2. The highest BCUT2D eigenvalue weighted by molar-refractivity contribution is 9.10. The normalized spacial score (nSPS) is 12.3. The topological polar surface area (TPSA) is 17.8 Å². The summed E-state index contributed by atoms with van der Waals surface area (Å²) in [7, 11) is 0. The smallest absolute Gasteiger partial charge is 0.0876 e. The SMILES string of the molecule is ClC(c1cnn(-c2ccccc2)c1)c1ccccc1Br. The molecule has 0 saturated heterocycles. The van der Waals surface area contributed by atoms with Gasteiger partial charge in [-0.2, -0.15) is 5.10 Å². The summed E-state index contributed by atoms with van der Waals surface area (Å²) in [4.78, 5) is 0.